The molecule has 3 heteroatoms. The van der Waals surface area contributed by atoms with Crippen molar-refractivity contribution in [2.24, 2.45) is 0 Å². The molecule has 0 spiro atoms. The molecule has 0 N–H and O–H groups in total. The summed E-state index contributed by atoms with van der Waals surface area (Å²) < 4.78 is 4.07. The Hall–Kier alpha value is -3.87. The third-order valence-electron chi connectivity index (χ3n) is 11.9. The van der Waals surface area contributed by atoms with E-state index in [0.29, 0.717) is 3.63 Å². The molecule has 6 aromatic rings. The van der Waals surface area contributed by atoms with Gasteiger partial charge in [0, 0.05) is 0 Å². The average molecular weight is 879 g/mol. The third kappa shape index (κ3) is 9.29. The Labute approximate surface area is 368 Å². The summed E-state index contributed by atoms with van der Waals surface area (Å²) in [5.74, 6) is 0. The van der Waals surface area contributed by atoms with Crippen LogP contribution in [0.15, 0.2) is 164 Å². The molecule has 0 radical (unpaired) electrons. The van der Waals surface area contributed by atoms with Crippen molar-refractivity contribution in [3.63, 3.8) is 0 Å². The largest absolute Gasteiger partial charge is 1.00 e. The van der Waals surface area contributed by atoms with Crippen LogP contribution in [0.25, 0.3) is 33.4 Å². The fourth-order valence-electron chi connectivity index (χ4n) is 9.13. The molecule has 294 valence electrons. The molecule has 2 aliphatic carbocycles. The van der Waals surface area contributed by atoms with Gasteiger partial charge in [0.25, 0.3) is 0 Å². The molecule has 0 aromatic heterocycles. The van der Waals surface area contributed by atoms with Gasteiger partial charge in [-0.25, -0.2) is 0 Å². The molecule has 0 heterocycles. The van der Waals surface area contributed by atoms with Crippen LogP contribution in [-0.2, 0) is 51.4 Å². The average Bonchev–Trinajstić information content (AvgIpc) is 3.87. The predicted molar refractivity (Wildman–Crippen MR) is 239 cm³/mol. The Morgan fingerprint density at radius 2 is 1.00 bits per heavy atom. The first-order valence-corrected chi connectivity index (χ1v) is 24.6. The Balaban J connectivity index is 0.00000283. The topological polar surface area (TPSA) is 0 Å². The number of rotatable bonds is 10. The van der Waals surface area contributed by atoms with Gasteiger partial charge in [-0.1, -0.05) is 0 Å². The molecule has 0 aliphatic heterocycles. The summed E-state index contributed by atoms with van der Waals surface area (Å²) in [4.78, 5) is 0. The zero-order chi connectivity index (χ0) is 38.9. The van der Waals surface area contributed by atoms with Crippen LogP contribution < -0.4 is 28.1 Å². The summed E-state index contributed by atoms with van der Waals surface area (Å²) in [5.41, 5.74) is 17.4. The molecule has 0 atom stereocenters. The van der Waals surface area contributed by atoms with Gasteiger partial charge < -0.3 is 24.8 Å². The summed E-state index contributed by atoms with van der Waals surface area (Å²) in [6.07, 6.45) is 15.3. The van der Waals surface area contributed by atoms with Gasteiger partial charge in [-0.2, -0.15) is 0 Å². The minimum atomic E-state index is -2.79. The normalized spacial score (nSPS) is 12.9. The molecule has 58 heavy (non-hydrogen) atoms. The third-order valence-corrected chi connectivity index (χ3v) is 20.3. The van der Waals surface area contributed by atoms with Crippen molar-refractivity contribution in [3.05, 3.63) is 197 Å². The summed E-state index contributed by atoms with van der Waals surface area (Å²) >= 11 is -2.79. The molecule has 0 amide bonds. The van der Waals surface area contributed by atoms with Crippen LogP contribution in [0, 0.1) is 0 Å². The van der Waals surface area contributed by atoms with Crippen LogP contribution in [0.5, 0.6) is 0 Å². The number of halogens is 2. The van der Waals surface area contributed by atoms with E-state index in [1.165, 1.54) is 61.2 Å². The maximum Gasteiger partial charge on any atom is -1.00 e. The molecule has 0 saturated heterocycles. The first-order chi connectivity index (χ1) is 27.1. The van der Waals surface area contributed by atoms with Crippen molar-refractivity contribution in [2.45, 2.75) is 88.1 Å². The predicted octanol–water partition coefficient (Wildman–Crippen LogP) is 7.79. The van der Waals surface area contributed by atoms with E-state index < -0.39 is 21.3 Å². The Kier molecular flexibility index (Phi) is 14.0. The summed E-state index contributed by atoms with van der Waals surface area (Å²) in [7, 11) is 0. The van der Waals surface area contributed by atoms with E-state index in [2.05, 4.69) is 205 Å². The van der Waals surface area contributed by atoms with Gasteiger partial charge >= 0.3 is 346 Å². The number of hydrogen-bond acceptors (Lipinski definition) is 0. The SMILES string of the molecule is CC(C)(C)c1cc2c(cc1-c1ccccc1)Cc1c-2cc(C(C)(C)C)c(-c2ccccc2)[c]1[Zr+2](=[C](CCc1ccccc1)CCc1ccccc1)[CH]1C=CC=C1.[Cl-].[Cl-]. The summed E-state index contributed by atoms with van der Waals surface area (Å²) in [6.45, 7) is 14.5. The van der Waals surface area contributed by atoms with Crippen LogP contribution >= 0.6 is 0 Å². The zero-order valence-corrected chi connectivity index (χ0v) is 38.9. The van der Waals surface area contributed by atoms with Crippen LogP contribution in [0.1, 0.15) is 87.8 Å². The molecule has 6 aromatic carbocycles. The van der Waals surface area contributed by atoms with E-state index in [0.717, 1.165) is 32.1 Å². The fraction of sp³-hybridized carbons (Fsp3) is 0.255. The van der Waals surface area contributed by atoms with E-state index in [9.17, 15) is 0 Å². The number of fused-ring (bicyclic) bond motifs is 3. The molecule has 0 saturated carbocycles. The van der Waals surface area contributed by atoms with Crippen molar-refractivity contribution >= 4 is 6.48 Å². The first kappa shape index (κ1) is 43.7. The Bertz CT molecular complexity index is 2370. The molecular weight excluding hydrogens is 823 g/mol. The number of allylic oxidation sites excluding steroid dienone is 4. The van der Waals surface area contributed by atoms with Crippen LogP contribution in [0.2, 0.25) is 3.63 Å². The second kappa shape index (κ2) is 18.6. The summed E-state index contributed by atoms with van der Waals surface area (Å²) in [6, 6.07) is 52.8. The van der Waals surface area contributed by atoms with Crippen molar-refractivity contribution in [3.8, 4) is 33.4 Å². The van der Waals surface area contributed by atoms with E-state index in [1.54, 1.807) is 8.83 Å². The smallest absolute Gasteiger partial charge is 1.00 e. The van der Waals surface area contributed by atoms with Gasteiger partial charge in [-0.3, -0.25) is 0 Å². The second-order valence-corrected chi connectivity index (χ2v) is 24.6. The van der Waals surface area contributed by atoms with E-state index in [-0.39, 0.29) is 35.6 Å². The molecular formula is C55H56Cl2Zr. The van der Waals surface area contributed by atoms with Gasteiger partial charge in [0.15, 0.2) is 0 Å². The van der Waals surface area contributed by atoms with E-state index in [1.807, 2.05) is 3.21 Å². The Morgan fingerprint density at radius 1 is 0.534 bits per heavy atom. The van der Waals surface area contributed by atoms with Gasteiger partial charge in [0.2, 0.25) is 0 Å². The minimum Gasteiger partial charge on any atom is -1.00 e. The van der Waals surface area contributed by atoms with E-state index in [4.69, 9.17) is 0 Å². The van der Waals surface area contributed by atoms with Crippen LogP contribution in [-0.4, -0.2) is 3.21 Å². The molecule has 8 rings (SSSR count). The zero-order valence-electron chi connectivity index (χ0n) is 35.0. The molecule has 2 aliphatic rings. The fourth-order valence-corrected chi connectivity index (χ4v) is 18.1. The Morgan fingerprint density at radius 3 is 1.50 bits per heavy atom. The van der Waals surface area contributed by atoms with Gasteiger partial charge in [0.1, 0.15) is 0 Å². The molecule has 0 bridgehead atoms. The van der Waals surface area contributed by atoms with Gasteiger partial charge in [-0.15, -0.1) is 0 Å². The van der Waals surface area contributed by atoms with Crippen LogP contribution in [0.4, 0.5) is 0 Å². The number of aryl methyl sites for hydroxylation is 2. The monoisotopic (exact) mass is 876 g/mol. The number of hydrogen-bond donors (Lipinski definition) is 0. The van der Waals surface area contributed by atoms with Crippen molar-refractivity contribution < 1.29 is 46.1 Å². The van der Waals surface area contributed by atoms with Crippen molar-refractivity contribution in [1.82, 2.24) is 0 Å². The van der Waals surface area contributed by atoms with Gasteiger partial charge in [-0.05, 0) is 0 Å². The van der Waals surface area contributed by atoms with Crippen LogP contribution in [0.3, 0.4) is 0 Å². The molecule has 0 nitrogen and oxygen atoms in total. The standard InChI is InChI=1S/C33H33.C17H18.C5H5.2ClH.Zr/c1-32(2,3)30-20-26-24(18-28(30)22-13-9-7-10-14-22)17-25-19-29(23-15-11-8-12-16-23)31(21-27(25)26)33(4,5)6;1-4-10-16(11-5-1)14-8-3-9-15-17-12-6-2-7-13-17;1-2-4-5-3-1;;;/h7-16,18,20-21H,17H2,1-6H3;1-2,4-7,10-13H,8-9,14-15H2;1-5H;2*1H;/q;;;;;+2/p-2. The molecule has 0 fully saturated rings. The van der Waals surface area contributed by atoms with Crippen molar-refractivity contribution in [1.29, 1.82) is 0 Å². The minimum absolute atomic E-state index is 0. The summed E-state index contributed by atoms with van der Waals surface area (Å²) in [5, 5.41) is 0. The second-order valence-electron chi connectivity index (χ2n) is 17.9. The first-order valence-electron chi connectivity index (χ1n) is 20.7. The van der Waals surface area contributed by atoms with E-state index >= 15 is 0 Å². The number of benzene rings is 6. The maximum atomic E-state index is 2.64. The quantitative estimate of drug-likeness (QED) is 0.132. The maximum absolute atomic E-state index is 2.79. The van der Waals surface area contributed by atoms with Gasteiger partial charge in [0.05, 0.1) is 0 Å². The molecule has 0 unspecified atom stereocenters. The van der Waals surface area contributed by atoms with Crippen molar-refractivity contribution in [2.75, 3.05) is 0 Å².